The Kier molecular flexibility index (Phi) is 5.28. The first kappa shape index (κ1) is 19.9. The second-order valence-electron chi connectivity index (χ2n) is 7.27. The van der Waals surface area contributed by atoms with E-state index in [4.69, 9.17) is 4.42 Å². The van der Waals surface area contributed by atoms with Crippen LogP contribution in [-0.2, 0) is 6.42 Å². The van der Waals surface area contributed by atoms with Crippen LogP contribution in [0.2, 0.25) is 0 Å². The summed E-state index contributed by atoms with van der Waals surface area (Å²) in [4.78, 5) is 11.7. The van der Waals surface area contributed by atoms with Crippen LogP contribution in [0.25, 0.3) is 11.5 Å². The summed E-state index contributed by atoms with van der Waals surface area (Å²) in [6.07, 6.45) is 3.06. The molecule has 158 valence electrons. The van der Waals surface area contributed by atoms with Crippen LogP contribution in [0.1, 0.15) is 47.6 Å². The molecule has 0 amide bonds. The minimum atomic E-state index is -0.440. The number of nitrogens with zero attached hydrogens (tertiary/aromatic N) is 6. The molecule has 3 aromatic heterocycles. The zero-order valence-corrected chi connectivity index (χ0v) is 18.2. The van der Waals surface area contributed by atoms with Gasteiger partial charge >= 0.3 is 0 Å². The van der Waals surface area contributed by atoms with Crippen LogP contribution in [0.15, 0.2) is 51.4 Å². The van der Waals surface area contributed by atoms with Gasteiger partial charge in [0.1, 0.15) is 5.82 Å². The Morgan fingerprint density at radius 2 is 2.03 bits per heavy atom. The summed E-state index contributed by atoms with van der Waals surface area (Å²) in [7, 11) is 0. The first-order chi connectivity index (χ1) is 15.1. The average molecular weight is 455 g/mol. The molecule has 0 spiro atoms. The van der Waals surface area contributed by atoms with Gasteiger partial charge in [-0.15, -0.1) is 31.7 Å². The predicted molar refractivity (Wildman–Crippen MR) is 116 cm³/mol. The molecule has 0 N–H and O–H groups in total. The average Bonchev–Trinajstić information content (AvgIpc) is 3.16. The smallest absolute Gasteiger partial charge is 0.269 e. The van der Waals surface area contributed by atoms with Crippen LogP contribution >= 0.6 is 23.1 Å². The zero-order chi connectivity index (χ0) is 21.4. The number of nitro groups is 1. The van der Waals surface area contributed by atoms with Crippen molar-refractivity contribution in [3.05, 3.63) is 68.5 Å². The minimum absolute atomic E-state index is 0.0187. The van der Waals surface area contributed by atoms with Crippen LogP contribution in [0.4, 0.5) is 5.69 Å². The topological polar surface area (TPSA) is 113 Å². The number of thioether (sulfide) groups is 1. The van der Waals surface area contributed by atoms with E-state index < -0.39 is 4.92 Å². The van der Waals surface area contributed by atoms with Crippen LogP contribution < -0.4 is 0 Å². The lowest BCUT2D eigenvalue weighted by Gasteiger charge is -2.10. The predicted octanol–water partition coefficient (Wildman–Crippen LogP) is 5.08. The molecule has 3 heterocycles. The molecule has 9 nitrogen and oxygen atoms in total. The molecule has 0 saturated heterocycles. The third-order valence-corrected chi connectivity index (χ3v) is 6.88. The highest BCUT2D eigenvalue weighted by molar-refractivity contribution is 7.99. The van der Waals surface area contributed by atoms with E-state index in [-0.39, 0.29) is 10.9 Å². The van der Waals surface area contributed by atoms with Gasteiger partial charge in [0.15, 0.2) is 5.16 Å². The number of hydrogen-bond acceptors (Lipinski definition) is 9. The van der Waals surface area contributed by atoms with E-state index in [0.717, 1.165) is 30.2 Å². The molecule has 1 atom stereocenters. The highest BCUT2D eigenvalue weighted by atomic mass is 32.2. The molecular weight excluding hydrogens is 436 g/mol. The van der Waals surface area contributed by atoms with Gasteiger partial charge in [-0.05, 0) is 43.3 Å². The summed E-state index contributed by atoms with van der Waals surface area (Å²) in [6, 6.07) is 10.7. The second-order valence-corrected chi connectivity index (χ2v) is 9.61. The molecule has 1 aliphatic carbocycles. The van der Waals surface area contributed by atoms with E-state index in [0.29, 0.717) is 23.4 Å². The summed E-state index contributed by atoms with van der Waals surface area (Å²) in [5, 5.41) is 30.8. The lowest BCUT2D eigenvalue weighted by molar-refractivity contribution is -0.384. The maximum atomic E-state index is 10.8. The highest BCUT2D eigenvalue weighted by Crippen LogP contribution is 2.42. The monoisotopic (exact) mass is 454 g/mol. The molecule has 11 heteroatoms. The normalized spacial score (nSPS) is 14.6. The number of non-ortho nitro benzene ring substituents is 1. The van der Waals surface area contributed by atoms with Crippen molar-refractivity contribution in [2.24, 2.45) is 0 Å². The number of thiophene rings is 1. The Bertz CT molecular complexity index is 1200. The van der Waals surface area contributed by atoms with Crippen molar-refractivity contribution in [2.45, 2.75) is 42.6 Å². The van der Waals surface area contributed by atoms with Crippen LogP contribution in [0.3, 0.4) is 0 Å². The third kappa shape index (κ3) is 4.23. The largest absolute Gasteiger partial charge is 0.419 e. The van der Waals surface area contributed by atoms with Gasteiger partial charge in [0.2, 0.25) is 11.8 Å². The molecule has 0 radical (unpaired) electrons. The number of hydrogen-bond donors (Lipinski definition) is 0. The molecular formula is C20H18N6O3S2. The Hall–Kier alpha value is -3.05. The van der Waals surface area contributed by atoms with Crippen molar-refractivity contribution in [1.29, 1.82) is 0 Å². The third-order valence-electron chi connectivity index (χ3n) is 4.96. The van der Waals surface area contributed by atoms with E-state index >= 15 is 0 Å². The maximum Gasteiger partial charge on any atom is 0.269 e. The maximum absolute atomic E-state index is 10.8. The van der Waals surface area contributed by atoms with E-state index in [9.17, 15) is 10.1 Å². The minimum Gasteiger partial charge on any atom is -0.419 e. The molecule has 1 aliphatic rings. The van der Waals surface area contributed by atoms with Crippen molar-refractivity contribution in [3.8, 4) is 11.5 Å². The Morgan fingerprint density at radius 1 is 1.23 bits per heavy atom. The van der Waals surface area contributed by atoms with Crippen molar-refractivity contribution >= 4 is 28.8 Å². The lowest BCUT2D eigenvalue weighted by Crippen LogP contribution is -2.04. The summed E-state index contributed by atoms with van der Waals surface area (Å²) in [6.45, 7) is 1.99. The number of benzene rings is 1. The fourth-order valence-corrected chi connectivity index (χ4v) is 4.90. The first-order valence-electron chi connectivity index (χ1n) is 9.79. The molecule has 31 heavy (non-hydrogen) atoms. The van der Waals surface area contributed by atoms with Crippen molar-refractivity contribution in [3.63, 3.8) is 0 Å². The van der Waals surface area contributed by atoms with Gasteiger partial charge in [0.05, 0.1) is 10.2 Å². The summed E-state index contributed by atoms with van der Waals surface area (Å²) < 4.78 is 8.09. The van der Waals surface area contributed by atoms with Gasteiger partial charge in [-0.2, -0.15) is 0 Å². The van der Waals surface area contributed by atoms with E-state index in [1.807, 2.05) is 13.0 Å². The van der Waals surface area contributed by atoms with Crippen molar-refractivity contribution < 1.29 is 9.34 Å². The molecule has 1 aromatic carbocycles. The quantitative estimate of drug-likeness (QED) is 0.206. The van der Waals surface area contributed by atoms with Crippen LogP contribution in [0, 0.1) is 10.1 Å². The standard InChI is InChI=1S/C20H18N6O3S2/c1-12(18-22-23-19(29-18)13-4-6-15(7-5-13)26(27)28)31-20-24-21-17(25(20)14-8-9-14)11-16-3-2-10-30-16/h2-7,10,12,14H,8-9,11H2,1H3. The van der Waals surface area contributed by atoms with Gasteiger partial charge < -0.3 is 8.98 Å². The highest BCUT2D eigenvalue weighted by Gasteiger charge is 2.31. The second kappa shape index (κ2) is 8.23. The summed E-state index contributed by atoms with van der Waals surface area (Å²) in [5.41, 5.74) is 0.658. The SMILES string of the molecule is CC(Sc1nnc(Cc2cccs2)n1C1CC1)c1nnc(-c2ccc([N+](=O)[O-])cc2)o1. The van der Waals surface area contributed by atoms with Crippen molar-refractivity contribution in [2.75, 3.05) is 0 Å². The van der Waals surface area contributed by atoms with Gasteiger partial charge in [0.25, 0.3) is 5.69 Å². The van der Waals surface area contributed by atoms with Gasteiger partial charge in [-0.1, -0.05) is 17.8 Å². The van der Waals surface area contributed by atoms with E-state index in [1.54, 1.807) is 35.2 Å². The number of aromatic nitrogens is 5. The van der Waals surface area contributed by atoms with Crippen LogP contribution in [0.5, 0.6) is 0 Å². The summed E-state index contributed by atoms with van der Waals surface area (Å²) in [5.74, 6) is 1.79. The number of nitro benzene ring substituents is 1. The Balaban J connectivity index is 1.33. The molecule has 5 rings (SSSR count). The summed E-state index contributed by atoms with van der Waals surface area (Å²) >= 11 is 3.27. The number of rotatable bonds is 8. The molecule has 1 saturated carbocycles. The molecule has 4 aromatic rings. The van der Waals surface area contributed by atoms with E-state index in [1.165, 1.54) is 17.0 Å². The zero-order valence-electron chi connectivity index (χ0n) is 16.5. The van der Waals surface area contributed by atoms with E-state index in [2.05, 4.69) is 36.4 Å². The molecule has 0 aliphatic heterocycles. The molecule has 1 fully saturated rings. The first-order valence-corrected chi connectivity index (χ1v) is 11.6. The lowest BCUT2D eigenvalue weighted by atomic mass is 10.2. The Labute approximate surface area is 185 Å². The fraction of sp³-hybridized carbons (Fsp3) is 0.300. The fourth-order valence-electron chi connectivity index (χ4n) is 3.23. The Morgan fingerprint density at radius 3 is 2.71 bits per heavy atom. The molecule has 0 bridgehead atoms. The van der Waals surface area contributed by atoms with Gasteiger partial charge in [-0.3, -0.25) is 10.1 Å². The van der Waals surface area contributed by atoms with Crippen LogP contribution in [-0.4, -0.2) is 29.9 Å². The molecule has 1 unspecified atom stereocenters. The van der Waals surface area contributed by atoms with Crippen molar-refractivity contribution in [1.82, 2.24) is 25.0 Å². The van der Waals surface area contributed by atoms with Gasteiger partial charge in [0, 0.05) is 35.0 Å². The van der Waals surface area contributed by atoms with Gasteiger partial charge in [-0.25, -0.2) is 0 Å².